The van der Waals surface area contributed by atoms with Gasteiger partial charge in [0, 0.05) is 12.1 Å². The standard InChI is InChI=1S/C20H17N3O3S/c21-12-13-23(15-6-2-1-3-7-15)19(24)14-26-20(25)11-10-18-22-16-8-4-5-9-17(16)27-18/h1-9H,10-11,13-14H2. The van der Waals surface area contributed by atoms with Gasteiger partial charge in [-0.05, 0) is 24.3 Å². The third-order valence-electron chi connectivity index (χ3n) is 3.84. The van der Waals surface area contributed by atoms with E-state index in [1.54, 1.807) is 35.6 Å². The number of fused-ring (bicyclic) bond motifs is 1. The zero-order valence-electron chi connectivity index (χ0n) is 14.5. The Bertz CT molecular complexity index is 946. The van der Waals surface area contributed by atoms with Gasteiger partial charge in [0.25, 0.3) is 5.91 Å². The van der Waals surface area contributed by atoms with Crippen LogP contribution in [0.4, 0.5) is 5.69 Å². The van der Waals surface area contributed by atoms with Crippen molar-refractivity contribution in [3.63, 3.8) is 0 Å². The number of carbonyl (C=O) groups excluding carboxylic acids is 2. The number of carbonyl (C=O) groups is 2. The van der Waals surface area contributed by atoms with Crippen molar-refractivity contribution in [3.8, 4) is 6.07 Å². The number of para-hydroxylation sites is 2. The summed E-state index contributed by atoms with van der Waals surface area (Å²) in [6.07, 6.45) is 0.615. The van der Waals surface area contributed by atoms with Crippen molar-refractivity contribution in [2.24, 2.45) is 0 Å². The van der Waals surface area contributed by atoms with Gasteiger partial charge < -0.3 is 4.74 Å². The molecule has 7 heteroatoms. The van der Waals surface area contributed by atoms with Gasteiger partial charge in [0.1, 0.15) is 6.54 Å². The second-order valence-corrected chi connectivity index (χ2v) is 6.82. The van der Waals surface area contributed by atoms with Crippen molar-refractivity contribution in [1.82, 2.24) is 4.98 Å². The van der Waals surface area contributed by atoms with E-state index in [0.29, 0.717) is 12.1 Å². The molecule has 3 rings (SSSR count). The molecule has 0 aliphatic carbocycles. The molecule has 3 aromatic rings. The maximum Gasteiger partial charge on any atom is 0.306 e. The molecule has 0 aliphatic heterocycles. The van der Waals surface area contributed by atoms with Gasteiger partial charge in [0.2, 0.25) is 0 Å². The molecule has 0 aliphatic rings. The van der Waals surface area contributed by atoms with Crippen LogP contribution in [0, 0.1) is 11.3 Å². The zero-order valence-corrected chi connectivity index (χ0v) is 15.3. The number of ether oxygens (including phenoxy) is 1. The van der Waals surface area contributed by atoms with Gasteiger partial charge in [0.05, 0.1) is 27.7 Å². The molecule has 0 atom stereocenters. The topological polar surface area (TPSA) is 83.3 Å². The highest BCUT2D eigenvalue weighted by molar-refractivity contribution is 7.18. The quantitative estimate of drug-likeness (QED) is 0.464. The smallest absolute Gasteiger partial charge is 0.306 e. The van der Waals surface area contributed by atoms with E-state index in [2.05, 4.69) is 4.98 Å². The van der Waals surface area contributed by atoms with Crippen LogP contribution < -0.4 is 4.90 Å². The Morgan fingerprint density at radius 1 is 1.11 bits per heavy atom. The Hall–Kier alpha value is -3.24. The number of thiazole rings is 1. The molecule has 0 saturated carbocycles. The lowest BCUT2D eigenvalue weighted by Crippen LogP contribution is -2.35. The molecule has 0 fully saturated rings. The van der Waals surface area contributed by atoms with E-state index in [1.165, 1.54) is 4.90 Å². The summed E-state index contributed by atoms with van der Waals surface area (Å²) in [4.78, 5) is 30.1. The van der Waals surface area contributed by atoms with Crippen molar-refractivity contribution in [3.05, 3.63) is 59.6 Å². The molecule has 1 amide bonds. The fourth-order valence-electron chi connectivity index (χ4n) is 2.53. The number of esters is 1. The molecule has 0 radical (unpaired) electrons. The first-order valence-electron chi connectivity index (χ1n) is 8.40. The van der Waals surface area contributed by atoms with Crippen LogP contribution >= 0.6 is 11.3 Å². The number of nitriles is 1. The van der Waals surface area contributed by atoms with Crippen LogP contribution in [-0.2, 0) is 20.7 Å². The predicted octanol–water partition coefficient (Wildman–Crippen LogP) is 3.33. The molecule has 0 saturated heterocycles. The van der Waals surface area contributed by atoms with Crippen molar-refractivity contribution < 1.29 is 14.3 Å². The molecule has 27 heavy (non-hydrogen) atoms. The number of anilines is 1. The van der Waals surface area contributed by atoms with E-state index in [9.17, 15) is 9.59 Å². The van der Waals surface area contributed by atoms with Crippen LogP contribution in [0.2, 0.25) is 0 Å². The van der Waals surface area contributed by atoms with Crippen LogP contribution in [0.15, 0.2) is 54.6 Å². The number of aromatic nitrogens is 1. The minimum Gasteiger partial charge on any atom is -0.456 e. The minimum absolute atomic E-state index is 0.105. The van der Waals surface area contributed by atoms with Crippen LogP contribution in [0.3, 0.4) is 0 Å². The summed E-state index contributed by atoms with van der Waals surface area (Å²) >= 11 is 1.54. The number of benzene rings is 2. The summed E-state index contributed by atoms with van der Waals surface area (Å²) in [5.41, 5.74) is 1.51. The number of aryl methyl sites for hydroxylation is 1. The highest BCUT2D eigenvalue weighted by Gasteiger charge is 2.17. The summed E-state index contributed by atoms with van der Waals surface area (Å²) in [5, 5.41) is 9.79. The molecule has 0 spiro atoms. The van der Waals surface area contributed by atoms with Gasteiger partial charge >= 0.3 is 5.97 Å². The van der Waals surface area contributed by atoms with Crippen molar-refractivity contribution in [1.29, 1.82) is 5.26 Å². The molecular weight excluding hydrogens is 362 g/mol. The Morgan fingerprint density at radius 3 is 2.59 bits per heavy atom. The van der Waals surface area contributed by atoms with Crippen LogP contribution in [-0.4, -0.2) is 30.0 Å². The number of rotatable bonds is 7. The first kappa shape index (κ1) is 18.5. The van der Waals surface area contributed by atoms with Gasteiger partial charge in [-0.2, -0.15) is 5.26 Å². The number of hydrogen-bond donors (Lipinski definition) is 0. The number of hydrogen-bond acceptors (Lipinski definition) is 6. The molecule has 136 valence electrons. The number of amides is 1. The fraction of sp³-hybridized carbons (Fsp3) is 0.200. The lowest BCUT2D eigenvalue weighted by molar-refractivity contribution is -0.147. The monoisotopic (exact) mass is 379 g/mol. The molecule has 6 nitrogen and oxygen atoms in total. The second-order valence-electron chi connectivity index (χ2n) is 5.71. The Kier molecular flexibility index (Phi) is 6.13. The van der Waals surface area contributed by atoms with E-state index in [1.807, 2.05) is 36.4 Å². The molecule has 1 heterocycles. The van der Waals surface area contributed by atoms with Crippen LogP contribution in [0.25, 0.3) is 10.2 Å². The average Bonchev–Trinajstić information content (AvgIpc) is 3.12. The largest absolute Gasteiger partial charge is 0.456 e. The fourth-order valence-corrected chi connectivity index (χ4v) is 3.50. The third-order valence-corrected chi connectivity index (χ3v) is 4.93. The minimum atomic E-state index is -0.465. The molecule has 0 unspecified atom stereocenters. The molecule has 0 N–H and O–H groups in total. The summed E-state index contributed by atoms with van der Waals surface area (Å²) in [6.45, 7) is -0.499. The normalized spacial score (nSPS) is 10.3. The van der Waals surface area contributed by atoms with Crippen LogP contribution in [0.5, 0.6) is 0 Å². The highest BCUT2D eigenvalue weighted by atomic mass is 32.1. The first-order valence-corrected chi connectivity index (χ1v) is 9.21. The lowest BCUT2D eigenvalue weighted by atomic mass is 10.3. The SMILES string of the molecule is N#CCN(C(=O)COC(=O)CCc1nc2ccccc2s1)c1ccccc1. The molecular formula is C20H17N3O3S. The first-order chi connectivity index (χ1) is 13.2. The molecule has 0 bridgehead atoms. The van der Waals surface area contributed by atoms with Gasteiger partial charge in [-0.25, -0.2) is 4.98 Å². The highest BCUT2D eigenvalue weighted by Crippen LogP contribution is 2.22. The van der Waals surface area contributed by atoms with Crippen LogP contribution in [0.1, 0.15) is 11.4 Å². The van der Waals surface area contributed by atoms with Crippen molar-refractivity contribution >= 4 is 39.1 Å². The lowest BCUT2D eigenvalue weighted by Gasteiger charge is -2.19. The predicted molar refractivity (Wildman–Crippen MR) is 103 cm³/mol. The number of nitrogens with zero attached hydrogens (tertiary/aromatic N) is 3. The summed E-state index contributed by atoms with van der Waals surface area (Å²) in [7, 11) is 0. The molecule has 1 aromatic heterocycles. The van der Waals surface area contributed by atoms with Gasteiger partial charge in [0.15, 0.2) is 6.61 Å². The summed E-state index contributed by atoms with van der Waals surface area (Å²) in [5.74, 6) is -0.899. The summed E-state index contributed by atoms with van der Waals surface area (Å²) < 4.78 is 6.16. The third kappa shape index (κ3) is 4.90. The van der Waals surface area contributed by atoms with Crippen molar-refractivity contribution in [2.75, 3.05) is 18.1 Å². The Morgan fingerprint density at radius 2 is 1.85 bits per heavy atom. The Balaban J connectivity index is 1.51. The van der Waals surface area contributed by atoms with E-state index >= 15 is 0 Å². The van der Waals surface area contributed by atoms with Gasteiger partial charge in [-0.3, -0.25) is 14.5 Å². The second kappa shape index (κ2) is 8.92. The van der Waals surface area contributed by atoms with E-state index < -0.39 is 18.5 Å². The van der Waals surface area contributed by atoms with Gasteiger partial charge in [-0.15, -0.1) is 11.3 Å². The maximum absolute atomic E-state index is 12.3. The summed E-state index contributed by atoms with van der Waals surface area (Å²) in [6, 6.07) is 18.6. The van der Waals surface area contributed by atoms with E-state index in [-0.39, 0.29) is 13.0 Å². The van der Waals surface area contributed by atoms with Gasteiger partial charge in [-0.1, -0.05) is 30.3 Å². The Labute approximate surface area is 160 Å². The van der Waals surface area contributed by atoms with Crippen molar-refractivity contribution in [2.45, 2.75) is 12.8 Å². The average molecular weight is 379 g/mol. The molecule has 2 aromatic carbocycles. The van der Waals surface area contributed by atoms with E-state index in [0.717, 1.165) is 15.2 Å². The van der Waals surface area contributed by atoms with E-state index in [4.69, 9.17) is 10.00 Å². The zero-order chi connectivity index (χ0) is 19.1. The maximum atomic E-state index is 12.3.